The van der Waals surface area contributed by atoms with E-state index in [0.29, 0.717) is 6.04 Å². The van der Waals surface area contributed by atoms with Crippen molar-refractivity contribution in [3.05, 3.63) is 81.6 Å². The lowest BCUT2D eigenvalue weighted by Crippen LogP contribution is -2.09. The molecule has 320 valence electrons. The molecule has 0 fully saturated rings. The quantitative estimate of drug-likeness (QED) is 0.0374. The molecule has 0 aliphatic rings. The topological polar surface area (TPSA) is 127 Å². The molecule has 0 saturated heterocycles. The van der Waals surface area contributed by atoms with E-state index in [1.165, 1.54) is 152 Å². The molecule has 7 nitrogen and oxygen atoms in total. The minimum atomic E-state index is -1.22. The number of fused-ring (bicyclic) bond motifs is 3. The van der Waals surface area contributed by atoms with Crippen LogP contribution in [0.1, 0.15) is 120 Å². The fourth-order valence-corrected chi connectivity index (χ4v) is 14.5. The van der Waals surface area contributed by atoms with Crippen LogP contribution in [0.2, 0.25) is 0 Å². The van der Waals surface area contributed by atoms with Crippen LogP contribution in [0.25, 0.3) is 71.6 Å². The summed E-state index contributed by atoms with van der Waals surface area (Å²) in [6.07, 6.45) is 20.5. The first kappa shape index (κ1) is 45.4. The second kappa shape index (κ2) is 21.7. The molecular formula is C49H49N3O4S6. The van der Waals surface area contributed by atoms with Gasteiger partial charge in [-0.15, -0.1) is 68.0 Å². The van der Waals surface area contributed by atoms with Crippen molar-refractivity contribution in [1.29, 1.82) is 10.5 Å². The lowest BCUT2D eigenvalue weighted by molar-refractivity contribution is -0.133. The Morgan fingerprint density at radius 2 is 0.887 bits per heavy atom. The van der Waals surface area contributed by atoms with E-state index in [0.717, 1.165) is 42.1 Å². The maximum absolute atomic E-state index is 11.4. The van der Waals surface area contributed by atoms with Crippen molar-refractivity contribution in [1.82, 2.24) is 4.57 Å². The molecule has 0 unspecified atom stereocenters. The number of hydrogen-bond donors (Lipinski definition) is 2. The molecule has 0 aliphatic carbocycles. The minimum Gasteiger partial charge on any atom is -0.477 e. The summed E-state index contributed by atoms with van der Waals surface area (Å²) in [6, 6.07) is 25.2. The predicted octanol–water partition coefficient (Wildman–Crippen LogP) is 16.9. The Bertz CT molecular complexity index is 2610. The first-order valence-electron chi connectivity index (χ1n) is 21.4. The SMILES string of the molecule is CCCCCCCCC(CCCCCCCC)n1c2cc(-c3ccc(-c4ccc(/C=C(/C#N)C(=O)O)s4)s3)sc2c2sc(-c3ccc(-c4ccc(/C=C(\C#N)C(=O)O)s4)s3)cc21. The molecular weight excluding hydrogens is 887 g/mol. The summed E-state index contributed by atoms with van der Waals surface area (Å²) < 4.78 is 5.36. The molecule has 0 aliphatic heterocycles. The third-order valence-electron chi connectivity index (χ3n) is 11.0. The number of carboxylic acid groups (broad SMARTS) is 2. The second-order valence-corrected chi connectivity index (χ2v) is 22.0. The van der Waals surface area contributed by atoms with Gasteiger partial charge in [-0.2, -0.15) is 10.5 Å². The van der Waals surface area contributed by atoms with E-state index in [4.69, 9.17) is 0 Å². The van der Waals surface area contributed by atoms with Crippen molar-refractivity contribution in [3.63, 3.8) is 0 Å². The summed E-state index contributed by atoms with van der Waals surface area (Å²) in [5.41, 5.74) is 2.09. The number of carbonyl (C=O) groups is 2. The highest BCUT2D eigenvalue weighted by molar-refractivity contribution is 7.33. The van der Waals surface area contributed by atoms with Crippen LogP contribution in [-0.2, 0) is 9.59 Å². The number of nitrogens with zero attached hydrogens (tertiary/aromatic N) is 3. The van der Waals surface area contributed by atoms with Gasteiger partial charge in [0.1, 0.15) is 23.3 Å². The van der Waals surface area contributed by atoms with E-state index in [1.807, 2.05) is 46.9 Å². The van der Waals surface area contributed by atoms with E-state index < -0.39 is 11.9 Å². The van der Waals surface area contributed by atoms with Gasteiger partial charge >= 0.3 is 11.9 Å². The van der Waals surface area contributed by atoms with Gasteiger partial charge in [0, 0.05) is 54.8 Å². The summed E-state index contributed by atoms with van der Waals surface area (Å²) >= 11 is 10.2. The van der Waals surface area contributed by atoms with E-state index in [2.05, 4.69) is 54.8 Å². The van der Waals surface area contributed by atoms with Gasteiger partial charge < -0.3 is 14.8 Å². The molecule has 0 spiro atoms. The Hall–Kier alpha value is -4.60. The first-order valence-corrected chi connectivity index (χ1v) is 26.3. The van der Waals surface area contributed by atoms with Gasteiger partial charge in [0.25, 0.3) is 0 Å². The van der Waals surface area contributed by atoms with Crippen molar-refractivity contribution in [2.45, 2.75) is 110 Å². The fourth-order valence-electron chi connectivity index (χ4n) is 7.83. The number of hydrogen-bond acceptors (Lipinski definition) is 10. The van der Waals surface area contributed by atoms with Crippen LogP contribution in [0, 0.1) is 22.7 Å². The zero-order valence-corrected chi connectivity index (χ0v) is 39.8. The standard InChI is InChI=1S/C49H49N3O4S6/c1-3-5-7-9-11-13-15-33(16-14-12-10-8-6-4-2)52-36-27-44(42-23-21-40(59-42)38-19-17-34(57-38)25-31(29-50)48(53)54)61-46(36)47-37(52)28-45(62-47)43-24-22-41(60-43)39-20-18-35(58-39)26-32(30-51)49(55)56/h17-28,33H,3-16H2,1-2H3,(H,53,54)(H,55,56)/b31-25-,32-26+. The van der Waals surface area contributed by atoms with Crippen molar-refractivity contribution < 1.29 is 19.8 Å². The fraction of sp³-hybridized carbons (Fsp3) is 0.347. The summed E-state index contributed by atoms with van der Waals surface area (Å²) in [5, 5.41) is 37.2. The van der Waals surface area contributed by atoms with E-state index in [1.54, 1.807) is 34.8 Å². The highest BCUT2D eigenvalue weighted by atomic mass is 32.1. The summed E-state index contributed by atoms with van der Waals surface area (Å²) in [6.45, 7) is 4.55. The zero-order chi connectivity index (χ0) is 43.6. The molecule has 2 N–H and O–H groups in total. The Morgan fingerprint density at radius 1 is 0.532 bits per heavy atom. The average molecular weight is 936 g/mol. The van der Waals surface area contributed by atoms with E-state index >= 15 is 0 Å². The highest BCUT2D eigenvalue weighted by Gasteiger charge is 2.25. The molecule has 7 aromatic rings. The summed E-state index contributed by atoms with van der Waals surface area (Å²) in [4.78, 5) is 33.6. The average Bonchev–Trinajstić information content (AvgIpc) is 4.12. The molecule has 7 rings (SSSR count). The number of rotatable bonds is 23. The second-order valence-electron chi connectivity index (χ2n) is 15.5. The molecule has 7 aromatic heterocycles. The maximum atomic E-state index is 11.4. The van der Waals surface area contributed by atoms with Crippen LogP contribution < -0.4 is 0 Å². The van der Waals surface area contributed by atoms with Crippen LogP contribution in [-0.4, -0.2) is 26.7 Å². The summed E-state index contributed by atoms with van der Waals surface area (Å²) in [5.74, 6) is -2.44. The largest absolute Gasteiger partial charge is 0.477 e. The Morgan fingerprint density at radius 3 is 1.27 bits per heavy atom. The molecule has 0 bridgehead atoms. The van der Waals surface area contributed by atoms with Gasteiger partial charge in [-0.1, -0.05) is 90.9 Å². The molecule has 62 heavy (non-hydrogen) atoms. The smallest absolute Gasteiger partial charge is 0.346 e. The Kier molecular flexibility index (Phi) is 15.9. The van der Waals surface area contributed by atoms with Crippen LogP contribution in [0.5, 0.6) is 0 Å². The van der Waals surface area contributed by atoms with Crippen molar-refractivity contribution in [3.8, 4) is 51.2 Å². The molecule has 13 heteroatoms. The van der Waals surface area contributed by atoms with Gasteiger partial charge in [-0.25, -0.2) is 9.59 Å². The number of unbranched alkanes of at least 4 members (excludes halogenated alkanes) is 10. The number of thiophene rings is 6. The third-order valence-corrected chi connectivity index (χ3v) is 18.4. The minimum absolute atomic E-state index is 0.274. The molecule has 0 saturated carbocycles. The molecule has 0 aromatic carbocycles. The maximum Gasteiger partial charge on any atom is 0.346 e. The molecule has 7 heterocycles. The van der Waals surface area contributed by atoms with Crippen LogP contribution in [0.4, 0.5) is 0 Å². The van der Waals surface area contributed by atoms with Gasteiger partial charge in [-0.3, -0.25) is 0 Å². The van der Waals surface area contributed by atoms with Gasteiger partial charge in [-0.05, 0) is 85.7 Å². The van der Waals surface area contributed by atoms with Gasteiger partial charge in [0.05, 0.1) is 20.4 Å². The van der Waals surface area contributed by atoms with Crippen LogP contribution in [0.15, 0.2) is 71.8 Å². The zero-order valence-electron chi connectivity index (χ0n) is 34.9. The number of aliphatic carboxylic acids is 2. The lowest BCUT2D eigenvalue weighted by atomic mass is 9.99. The van der Waals surface area contributed by atoms with Crippen molar-refractivity contribution in [2.24, 2.45) is 0 Å². The highest BCUT2D eigenvalue weighted by Crippen LogP contribution is 2.50. The van der Waals surface area contributed by atoms with Gasteiger partial charge in [0.2, 0.25) is 0 Å². The van der Waals surface area contributed by atoms with E-state index in [9.17, 15) is 30.3 Å². The molecule has 0 amide bonds. The van der Waals surface area contributed by atoms with Crippen LogP contribution >= 0.6 is 68.0 Å². The lowest BCUT2D eigenvalue weighted by Gasteiger charge is -2.21. The summed E-state index contributed by atoms with van der Waals surface area (Å²) in [7, 11) is 0. The number of aromatic nitrogens is 1. The Labute approximate surface area is 387 Å². The third kappa shape index (κ3) is 10.8. The monoisotopic (exact) mass is 935 g/mol. The normalized spacial score (nSPS) is 12.2. The van der Waals surface area contributed by atoms with Crippen molar-refractivity contribution in [2.75, 3.05) is 0 Å². The predicted molar refractivity (Wildman–Crippen MR) is 266 cm³/mol. The first-order chi connectivity index (χ1) is 30.2. The molecule has 0 atom stereocenters. The Balaban J connectivity index is 1.25. The van der Waals surface area contributed by atoms with E-state index in [-0.39, 0.29) is 11.1 Å². The number of nitriles is 2. The molecule has 0 radical (unpaired) electrons. The van der Waals surface area contributed by atoms with Crippen LogP contribution in [0.3, 0.4) is 0 Å². The van der Waals surface area contributed by atoms with Gasteiger partial charge in [0.15, 0.2) is 0 Å². The van der Waals surface area contributed by atoms with Crippen molar-refractivity contribution >= 4 is 113 Å². The number of carboxylic acids is 2.